The van der Waals surface area contributed by atoms with Crippen LogP contribution in [0.4, 0.5) is 5.69 Å². The van der Waals surface area contributed by atoms with E-state index >= 15 is 0 Å². The molecule has 1 saturated carbocycles. The number of carbonyl (C=O) groups excluding carboxylic acids is 2. The number of anilines is 1. The topological polar surface area (TPSA) is 94.3 Å². The Morgan fingerprint density at radius 3 is 2.57 bits per heavy atom. The highest BCUT2D eigenvalue weighted by Gasteiger charge is 2.27. The van der Waals surface area contributed by atoms with E-state index in [0.29, 0.717) is 18.0 Å². The van der Waals surface area contributed by atoms with E-state index in [0.717, 1.165) is 25.7 Å². The zero-order valence-corrected chi connectivity index (χ0v) is 14.1. The molecule has 0 aliphatic heterocycles. The lowest BCUT2D eigenvalue weighted by atomic mass is 9.86. The minimum Gasteiger partial charge on any atom is -0.466 e. The zero-order chi connectivity index (χ0) is 15.9. The molecular formula is C16H24ClN3O3. The summed E-state index contributed by atoms with van der Waals surface area (Å²) >= 11 is 0. The molecule has 23 heavy (non-hydrogen) atoms. The van der Waals surface area contributed by atoms with Gasteiger partial charge >= 0.3 is 5.97 Å². The number of pyridine rings is 1. The number of halogens is 1. The lowest BCUT2D eigenvalue weighted by Crippen LogP contribution is -2.39. The molecule has 0 atom stereocenters. The van der Waals surface area contributed by atoms with E-state index < -0.39 is 0 Å². The second kappa shape index (κ2) is 9.35. The van der Waals surface area contributed by atoms with Gasteiger partial charge in [-0.1, -0.05) is 0 Å². The summed E-state index contributed by atoms with van der Waals surface area (Å²) in [7, 11) is 0. The molecule has 0 bridgehead atoms. The molecule has 0 unspecified atom stereocenters. The number of hydrogen-bond donors (Lipinski definition) is 2. The molecular weight excluding hydrogens is 318 g/mol. The van der Waals surface area contributed by atoms with Gasteiger partial charge in [-0.2, -0.15) is 0 Å². The van der Waals surface area contributed by atoms with Crippen molar-refractivity contribution in [2.24, 2.45) is 5.92 Å². The Hall–Kier alpha value is -1.82. The van der Waals surface area contributed by atoms with E-state index in [1.807, 2.05) is 6.92 Å². The summed E-state index contributed by atoms with van der Waals surface area (Å²) < 4.78 is 5.04. The summed E-state index contributed by atoms with van der Waals surface area (Å²) in [5.41, 5.74) is 6.85. The van der Waals surface area contributed by atoms with Crippen LogP contribution in [0.5, 0.6) is 0 Å². The van der Waals surface area contributed by atoms with Crippen molar-refractivity contribution >= 4 is 30.0 Å². The minimum absolute atomic E-state index is 0. The van der Waals surface area contributed by atoms with Crippen LogP contribution >= 0.6 is 12.4 Å². The van der Waals surface area contributed by atoms with Crippen LogP contribution in [-0.4, -0.2) is 29.5 Å². The Balaban J connectivity index is 0.00000264. The third kappa shape index (κ3) is 6.06. The highest BCUT2D eigenvalue weighted by Crippen LogP contribution is 2.25. The third-order valence-electron chi connectivity index (χ3n) is 3.90. The number of nitrogen functional groups attached to an aromatic ring is 1. The fourth-order valence-corrected chi connectivity index (χ4v) is 2.72. The molecule has 0 aromatic carbocycles. The maximum absolute atomic E-state index is 12.0. The number of aromatic nitrogens is 1. The summed E-state index contributed by atoms with van der Waals surface area (Å²) in [5.74, 6) is -0.179. The number of nitrogens with one attached hydrogen (secondary N) is 1. The summed E-state index contributed by atoms with van der Waals surface area (Å²) in [6.07, 6.45) is 4.95. The Morgan fingerprint density at radius 2 is 2.00 bits per heavy atom. The van der Waals surface area contributed by atoms with Gasteiger partial charge in [0.1, 0.15) is 0 Å². The molecule has 0 radical (unpaired) electrons. The van der Waals surface area contributed by atoms with Gasteiger partial charge in [-0.3, -0.25) is 14.6 Å². The van der Waals surface area contributed by atoms with E-state index in [1.54, 1.807) is 18.3 Å². The van der Waals surface area contributed by atoms with Crippen molar-refractivity contribution in [3.8, 4) is 0 Å². The van der Waals surface area contributed by atoms with E-state index in [2.05, 4.69) is 10.3 Å². The van der Waals surface area contributed by atoms with E-state index in [-0.39, 0.29) is 42.7 Å². The van der Waals surface area contributed by atoms with Crippen LogP contribution in [0.25, 0.3) is 0 Å². The molecule has 3 N–H and O–H groups in total. The molecule has 2 rings (SSSR count). The molecule has 6 nitrogen and oxygen atoms in total. The number of nitrogens with two attached hydrogens (primary N) is 1. The van der Waals surface area contributed by atoms with Gasteiger partial charge in [0.25, 0.3) is 0 Å². The molecule has 1 aromatic rings. The average Bonchev–Trinajstić information content (AvgIpc) is 2.50. The van der Waals surface area contributed by atoms with E-state index in [4.69, 9.17) is 10.5 Å². The SMILES string of the molecule is CCOC(=O)C1CCC(NC(=O)Cc2ccc(N)cn2)CC1.Cl. The minimum atomic E-state index is -0.113. The number of esters is 1. The monoisotopic (exact) mass is 341 g/mol. The quantitative estimate of drug-likeness (QED) is 0.797. The summed E-state index contributed by atoms with van der Waals surface area (Å²) in [6.45, 7) is 2.24. The van der Waals surface area contributed by atoms with Gasteiger partial charge in [0.15, 0.2) is 0 Å². The van der Waals surface area contributed by atoms with Crippen molar-refractivity contribution in [2.75, 3.05) is 12.3 Å². The second-order valence-corrected chi connectivity index (χ2v) is 5.63. The second-order valence-electron chi connectivity index (χ2n) is 5.63. The van der Waals surface area contributed by atoms with Gasteiger partial charge in [0, 0.05) is 11.7 Å². The summed E-state index contributed by atoms with van der Waals surface area (Å²) in [5, 5.41) is 3.01. The molecule has 1 amide bonds. The number of amides is 1. The predicted molar refractivity (Wildman–Crippen MR) is 90.1 cm³/mol. The lowest BCUT2D eigenvalue weighted by molar-refractivity contribution is -0.149. The molecule has 0 spiro atoms. The van der Waals surface area contributed by atoms with Crippen LogP contribution in [0, 0.1) is 5.92 Å². The number of carbonyl (C=O) groups is 2. The highest BCUT2D eigenvalue weighted by molar-refractivity contribution is 5.85. The van der Waals surface area contributed by atoms with Gasteiger partial charge in [-0.25, -0.2) is 0 Å². The van der Waals surface area contributed by atoms with Crippen molar-refractivity contribution in [1.82, 2.24) is 10.3 Å². The van der Waals surface area contributed by atoms with Gasteiger partial charge in [0.2, 0.25) is 5.91 Å². The normalized spacial score (nSPS) is 20.2. The first kappa shape index (κ1) is 19.2. The van der Waals surface area contributed by atoms with Crippen LogP contribution in [0.15, 0.2) is 18.3 Å². The first-order valence-electron chi connectivity index (χ1n) is 7.75. The van der Waals surface area contributed by atoms with E-state index in [1.165, 1.54) is 0 Å². The number of nitrogens with zero attached hydrogens (tertiary/aromatic N) is 1. The third-order valence-corrected chi connectivity index (χ3v) is 3.90. The van der Waals surface area contributed by atoms with Crippen LogP contribution in [-0.2, 0) is 20.7 Å². The predicted octanol–water partition coefficient (Wildman–Crippen LogP) is 1.87. The van der Waals surface area contributed by atoms with Crippen molar-refractivity contribution in [3.05, 3.63) is 24.0 Å². The van der Waals surface area contributed by atoms with Crippen molar-refractivity contribution in [3.63, 3.8) is 0 Å². The molecule has 1 heterocycles. The van der Waals surface area contributed by atoms with Crippen molar-refractivity contribution in [2.45, 2.75) is 45.1 Å². The van der Waals surface area contributed by atoms with Crippen molar-refractivity contribution < 1.29 is 14.3 Å². The Morgan fingerprint density at radius 1 is 1.30 bits per heavy atom. The Kier molecular flexibility index (Phi) is 7.81. The van der Waals surface area contributed by atoms with E-state index in [9.17, 15) is 9.59 Å². The molecule has 1 fully saturated rings. The molecule has 128 valence electrons. The summed E-state index contributed by atoms with van der Waals surface area (Å²) in [4.78, 5) is 27.8. The van der Waals surface area contributed by atoms with Crippen molar-refractivity contribution in [1.29, 1.82) is 0 Å². The van der Waals surface area contributed by atoms with Crippen LogP contribution in [0.3, 0.4) is 0 Å². The number of hydrogen-bond acceptors (Lipinski definition) is 5. The van der Waals surface area contributed by atoms with Crippen LogP contribution < -0.4 is 11.1 Å². The standard InChI is InChI=1S/C16H23N3O3.ClH/c1-2-22-16(21)11-3-6-13(7-4-11)19-15(20)9-14-8-5-12(17)10-18-14;/h5,8,10-11,13H,2-4,6-7,9,17H2,1H3,(H,19,20);1H. The molecule has 0 saturated heterocycles. The number of rotatable bonds is 5. The fraction of sp³-hybridized carbons (Fsp3) is 0.562. The lowest BCUT2D eigenvalue weighted by Gasteiger charge is -2.27. The molecule has 1 aromatic heterocycles. The average molecular weight is 342 g/mol. The van der Waals surface area contributed by atoms with Crippen LogP contribution in [0.1, 0.15) is 38.3 Å². The Bertz CT molecular complexity index is 514. The molecule has 1 aliphatic carbocycles. The maximum atomic E-state index is 12.0. The first-order chi connectivity index (χ1) is 10.6. The summed E-state index contributed by atoms with van der Waals surface area (Å²) in [6, 6.07) is 3.62. The molecule has 1 aliphatic rings. The number of ether oxygens (including phenoxy) is 1. The maximum Gasteiger partial charge on any atom is 0.308 e. The van der Waals surface area contributed by atoms with Gasteiger partial charge < -0.3 is 15.8 Å². The smallest absolute Gasteiger partial charge is 0.308 e. The van der Waals surface area contributed by atoms with Gasteiger partial charge in [-0.05, 0) is 44.7 Å². The Labute approximate surface area is 142 Å². The fourth-order valence-electron chi connectivity index (χ4n) is 2.72. The van der Waals surface area contributed by atoms with Gasteiger partial charge in [0.05, 0.1) is 30.8 Å². The van der Waals surface area contributed by atoms with Gasteiger partial charge in [-0.15, -0.1) is 12.4 Å². The van der Waals surface area contributed by atoms with Crippen LogP contribution in [0.2, 0.25) is 0 Å². The largest absolute Gasteiger partial charge is 0.466 e. The highest BCUT2D eigenvalue weighted by atomic mass is 35.5. The molecule has 7 heteroatoms. The first-order valence-corrected chi connectivity index (χ1v) is 7.75. The zero-order valence-electron chi connectivity index (χ0n) is 13.3.